The molecule has 3 nitrogen and oxygen atoms in total. The van der Waals surface area contributed by atoms with Gasteiger partial charge in [0.25, 0.3) is 0 Å². The fourth-order valence-corrected chi connectivity index (χ4v) is 1.56. The number of nitrogens with one attached hydrogen (secondary N) is 1. The molecule has 0 aliphatic heterocycles. The van der Waals surface area contributed by atoms with Crippen LogP contribution in [0.2, 0.25) is 0 Å². The predicted octanol–water partition coefficient (Wildman–Crippen LogP) is 3.03. The molecule has 8 heteroatoms. The molecular formula is C13H14F5NO2. The summed E-state index contributed by atoms with van der Waals surface area (Å²) in [6, 6.07) is 5.19. The first kappa shape index (κ1) is 17.2. The zero-order valence-electron chi connectivity index (χ0n) is 11.0. The van der Waals surface area contributed by atoms with E-state index in [1.54, 1.807) is 17.4 Å². The molecule has 1 aromatic carbocycles. The molecule has 1 unspecified atom stereocenters. The van der Waals surface area contributed by atoms with Crippen LogP contribution in [-0.2, 0) is 11.2 Å². The highest BCUT2D eigenvalue weighted by molar-refractivity contribution is 5.84. The van der Waals surface area contributed by atoms with E-state index in [4.69, 9.17) is 5.11 Å². The molecule has 0 bridgehead atoms. The van der Waals surface area contributed by atoms with Crippen LogP contribution >= 0.6 is 0 Å². The van der Waals surface area contributed by atoms with Crippen molar-refractivity contribution < 1.29 is 31.9 Å². The molecule has 1 amide bonds. The van der Waals surface area contributed by atoms with Crippen LogP contribution in [0.15, 0.2) is 24.3 Å². The monoisotopic (exact) mass is 311 g/mol. The number of phenols is 1. The SMILES string of the molecule is CC(CCc1ccc(O)cc1)NC(=O)C(F)(F)C(F)(F)F. The van der Waals surface area contributed by atoms with Crippen LogP contribution in [0.3, 0.4) is 0 Å². The average Bonchev–Trinajstić information content (AvgIpc) is 2.36. The minimum absolute atomic E-state index is 0.0601. The van der Waals surface area contributed by atoms with Gasteiger partial charge in [-0.3, -0.25) is 4.79 Å². The third-order valence-electron chi connectivity index (χ3n) is 2.82. The molecule has 0 fully saturated rings. The number of carbonyl (C=O) groups is 1. The number of aryl methyl sites for hydroxylation is 1. The normalized spacial score (nSPS) is 13.8. The van der Waals surface area contributed by atoms with Gasteiger partial charge in [0.05, 0.1) is 0 Å². The summed E-state index contributed by atoms with van der Waals surface area (Å²) >= 11 is 0. The van der Waals surface area contributed by atoms with E-state index in [0.717, 1.165) is 5.56 Å². The smallest absolute Gasteiger partial charge is 0.463 e. The maximum Gasteiger partial charge on any atom is 0.463 e. The number of benzene rings is 1. The van der Waals surface area contributed by atoms with E-state index in [0.29, 0.717) is 6.42 Å². The lowest BCUT2D eigenvalue weighted by Gasteiger charge is -2.21. The molecule has 1 aromatic rings. The second-order valence-electron chi connectivity index (χ2n) is 4.65. The van der Waals surface area contributed by atoms with Crippen LogP contribution in [0.5, 0.6) is 5.75 Å². The second kappa shape index (κ2) is 6.28. The highest BCUT2D eigenvalue weighted by Gasteiger charge is 2.63. The lowest BCUT2D eigenvalue weighted by Crippen LogP contribution is -2.52. The van der Waals surface area contributed by atoms with Crippen molar-refractivity contribution in [2.24, 2.45) is 0 Å². The third kappa shape index (κ3) is 4.57. The van der Waals surface area contributed by atoms with Gasteiger partial charge in [0.1, 0.15) is 5.75 Å². The van der Waals surface area contributed by atoms with Crippen molar-refractivity contribution in [2.75, 3.05) is 0 Å². The molecule has 21 heavy (non-hydrogen) atoms. The third-order valence-corrected chi connectivity index (χ3v) is 2.82. The number of hydrogen-bond acceptors (Lipinski definition) is 2. The number of amides is 1. The number of halogens is 5. The van der Waals surface area contributed by atoms with E-state index in [2.05, 4.69) is 0 Å². The van der Waals surface area contributed by atoms with E-state index in [1.807, 2.05) is 0 Å². The first-order chi connectivity index (χ1) is 9.54. The van der Waals surface area contributed by atoms with Crippen molar-refractivity contribution in [1.29, 1.82) is 0 Å². The van der Waals surface area contributed by atoms with Crippen LogP contribution in [-0.4, -0.2) is 29.2 Å². The molecule has 1 atom stereocenters. The highest BCUT2D eigenvalue weighted by atomic mass is 19.4. The lowest BCUT2D eigenvalue weighted by molar-refractivity contribution is -0.270. The van der Waals surface area contributed by atoms with E-state index in [1.165, 1.54) is 19.1 Å². The van der Waals surface area contributed by atoms with Crippen molar-refractivity contribution in [2.45, 2.75) is 37.9 Å². The quantitative estimate of drug-likeness (QED) is 0.821. The molecule has 2 N–H and O–H groups in total. The molecule has 1 rings (SSSR count). The highest BCUT2D eigenvalue weighted by Crippen LogP contribution is 2.35. The molecule has 0 saturated carbocycles. The second-order valence-corrected chi connectivity index (χ2v) is 4.65. The van der Waals surface area contributed by atoms with Gasteiger partial charge in [0.2, 0.25) is 0 Å². The summed E-state index contributed by atoms with van der Waals surface area (Å²) in [5, 5.41) is 10.7. The summed E-state index contributed by atoms with van der Waals surface area (Å²) < 4.78 is 61.4. The van der Waals surface area contributed by atoms with Crippen molar-refractivity contribution >= 4 is 5.91 Å². The Bertz CT molecular complexity index is 484. The van der Waals surface area contributed by atoms with Crippen LogP contribution in [0.4, 0.5) is 22.0 Å². The Morgan fingerprint density at radius 3 is 2.19 bits per heavy atom. The molecule has 0 aliphatic rings. The molecule has 0 spiro atoms. The van der Waals surface area contributed by atoms with Gasteiger partial charge in [-0.15, -0.1) is 0 Å². The van der Waals surface area contributed by atoms with E-state index >= 15 is 0 Å². The summed E-state index contributed by atoms with van der Waals surface area (Å²) in [5.41, 5.74) is 0.761. The maximum atomic E-state index is 12.7. The van der Waals surface area contributed by atoms with Crippen LogP contribution < -0.4 is 5.32 Å². The number of aromatic hydroxyl groups is 1. The number of phenolic OH excluding ortho intramolecular Hbond substituents is 1. The lowest BCUT2D eigenvalue weighted by atomic mass is 10.1. The van der Waals surface area contributed by atoms with Gasteiger partial charge in [0, 0.05) is 6.04 Å². The summed E-state index contributed by atoms with van der Waals surface area (Å²) in [5.74, 6) is -7.70. The van der Waals surface area contributed by atoms with Gasteiger partial charge in [-0.25, -0.2) is 0 Å². The zero-order valence-corrected chi connectivity index (χ0v) is 11.0. The Labute approximate surface area is 117 Å². The number of alkyl halides is 5. The Balaban J connectivity index is 2.52. The minimum Gasteiger partial charge on any atom is -0.508 e. The summed E-state index contributed by atoms with van der Waals surface area (Å²) in [4.78, 5) is 11.0. The molecule has 0 heterocycles. The standard InChI is InChI=1S/C13H14F5NO2/c1-8(2-3-9-4-6-10(20)7-5-9)19-11(21)12(14,15)13(16,17)18/h4-8,20H,2-3H2,1H3,(H,19,21). The molecule has 0 aromatic heterocycles. The zero-order chi connectivity index (χ0) is 16.3. The topological polar surface area (TPSA) is 49.3 Å². The molecular weight excluding hydrogens is 297 g/mol. The van der Waals surface area contributed by atoms with Gasteiger partial charge in [-0.2, -0.15) is 22.0 Å². The van der Waals surface area contributed by atoms with E-state index in [-0.39, 0.29) is 12.2 Å². The van der Waals surface area contributed by atoms with Crippen molar-refractivity contribution in [3.63, 3.8) is 0 Å². The van der Waals surface area contributed by atoms with E-state index < -0.39 is 24.0 Å². The Hall–Kier alpha value is -1.86. The van der Waals surface area contributed by atoms with Gasteiger partial charge in [-0.05, 0) is 37.5 Å². The summed E-state index contributed by atoms with van der Waals surface area (Å²) in [6.45, 7) is 1.34. The van der Waals surface area contributed by atoms with Gasteiger partial charge < -0.3 is 10.4 Å². The first-order valence-electron chi connectivity index (χ1n) is 6.07. The van der Waals surface area contributed by atoms with Crippen LogP contribution in [0.1, 0.15) is 18.9 Å². The first-order valence-corrected chi connectivity index (χ1v) is 6.07. The maximum absolute atomic E-state index is 12.7. The number of hydrogen-bond donors (Lipinski definition) is 2. The van der Waals surface area contributed by atoms with Crippen LogP contribution in [0, 0.1) is 0 Å². The molecule has 0 aliphatic carbocycles. The van der Waals surface area contributed by atoms with Gasteiger partial charge in [0.15, 0.2) is 0 Å². The van der Waals surface area contributed by atoms with Crippen LogP contribution in [0.25, 0.3) is 0 Å². The Kier molecular flexibility index (Phi) is 5.14. The number of carbonyl (C=O) groups excluding carboxylic acids is 1. The molecule has 0 saturated heterocycles. The Morgan fingerprint density at radius 2 is 1.71 bits per heavy atom. The fourth-order valence-electron chi connectivity index (χ4n) is 1.56. The average molecular weight is 311 g/mol. The minimum atomic E-state index is -5.91. The van der Waals surface area contributed by atoms with Gasteiger partial charge in [-0.1, -0.05) is 12.1 Å². The van der Waals surface area contributed by atoms with Crippen molar-refractivity contribution in [3.8, 4) is 5.75 Å². The summed E-state index contributed by atoms with van der Waals surface area (Å²) in [7, 11) is 0. The summed E-state index contributed by atoms with van der Waals surface area (Å²) in [6.07, 6.45) is -5.36. The van der Waals surface area contributed by atoms with Crippen molar-refractivity contribution in [3.05, 3.63) is 29.8 Å². The number of rotatable bonds is 5. The molecule has 0 radical (unpaired) electrons. The van der Waals surface area contributed by atoms with Crippen molar-refractivity contribution in [1.82, 2.24) is 5.32 Å². The Morgan fingerprint density at radius 1 is 1.19 bits per heavy atom. The fraction of sp³-hybridized carbons (Fsp3) is 0.462. The predicted molar refractivity (Wildman–Crippen MR) is 65.0 cm³/mol. The van der Waals surface area contributed by atoms with E-state index in [9.17, 15) is 26.7 Å². The largest absolute Gasteiger partial charge is 0.508 e. The molecule has 118 valence electrons. The van der Waals surface area contributed by atoms with Gasteiger partial charge >= 0.3 is 18.0 Å².